The molecule has 0 fully saturated rings. The van der Waals surface area contributed by atoms with Gasteiger partial charge in [0.2, 0.25) is 0 Å². The summed E-state index contributed by atoms with van der Waals surface area (Å²) in [6, 6.07) is 16.9. The van der Waals surface area contributed by atoms with Crippen LogP contribution in [0.15, 0.2) is 48.5 Å². The van der Waals surface area contributed by atoms with Crippen molar-refractivity contribution in [2.24, 2.45) is 0 Å². The first-order valence-electron chi connectivity index (χ1n) is 5.66. The van der Waals surface area contributed by atoms with Crippen LogP contribution in [0.25, 0.3) is 21.8 Å². The number of aromatic nitrogens is 1. The summed E-state index contributed by atoms with van der Waals surface area (Å²) < 4.78 is 0. The highest BCUT2D eigenvalue weighted by Crippen LogP contribution is 2.22. The van der Waals surface area contributed by atoms with E-state index in [1.165, 1.54) is 16.3 Å². The minimum Gasteiger partial charge on any atom is -0.248 e. The van der Waals surface area contributed by atoms with Crippen LogP contribution in [0, 0.1) is 0 Å². The van der Waals surface area contributed by atoms with Crippen LogP contribution < -0.4 is 0 Å². The van der Waals surface area contributed by atoms with Crippen LogP contribution in [0.2, 0.25) is 0 Å². The van der Waals surface area contributed by atoms with Crippen molar-refractivity contribution < 1.29 is 0 Å². The number of benzene rings is 2. The fourth-order valence-corrected chi connectivity index (χ4v) is 2.17. The number of hydrogen-bond acceptors (Lipinski definition) is 1. The zero-order chi connectivity index (χ0) is 11.0. The molecule has 0 saturated heterocycles. The number of pyridine rings is 1. The van der Waals surface area contributed by atoms with Gasteiger partial charge in [-0.25, -0.2) is 4.98 Å². The van der Waals surface area contributed by atoms with Crippen LogP contribution in [0.1, 0.15) is 12.5 Å². The van der Waals surface area contributed by atoms with E-state index in [0.29, 0.717) is 0 Å². The Kier molecular flexibility index (Phi) is 3.62. The number of halogens is 1. The summed E-state index contributed by atoms with van der Waals surface area (Å²) in [6.07, 6.45) is 1.05. The van der Waals surface area contributed by atoms with Crippen LogP contribution in [-0.4, -0.2) is 4.98 Å². The molecule has 1 aromatic heterocycles. The van der Waals surface area contributed by atoms with Crippen LogP contribution >= 0.6 is 24.0 Å². The van der Waals surface area contributed by atoms with Gasteiger partial charge in [-0.15, -0.1) is 24.0 Å². The number of hydrogen-bond donors (Lipinski definition) is 0. The lowest BCUT2D eigenvalue weighted by Gasteiger charge is -2.05. The van der Waals surface area contributed by atoms with Crippen molar-refractivity contribution in [1.29, 1.82) is 0 Å². The van der Waals surface area contributed by atoms with E-state index >= 15 is 0 Å². The van der Waals surface area contributed by atoms with Gasteiger partial charge in [0.05, 0.1) is 11.0 Å². The van der Waals surface area contributed by atoms with E-state index in [1.807, 2.05) is 6.07 Å². The summed E-state index contributed by atoms with van der Waals surface area (Å²) in [5, 5.41) is 2.50. The first-order chi connectivity index (χ1) is 7.88. The molecule has 0 bridgehead atoms. The molecule has 0 aliphatic heterocycles. The molecule has 0 radical (unpaired) electrons. The Labute approximate surface area is 118 Å². The highest BCUT2D eigenvalue weighted by atomic mass is 127. The third-order valence-corrected chi connectivity index (χ3v) is 3.03. The Morgan fingerprint density at radius 1 is 0.941 bits per heavy atom. The predicted octanol–water partition coefficient (Wildman–Crippen LogP) is 4.57. The highest BCUT2D eigenvalue weighted by Gasteiger charge is 2.02. The average Bonchev–Trinajstić information content (AvgIpc) is 2.35. The van der Waals surface area contributed by atoms with Gasteiger partial charge < -0.3 is 0 Å². The van der Waals surface area contributed by atoms with Gasteiger partial charge in [-0.1, -0.05) is 37.3 Å². The molecular formula is C15H14IN. The molecule has 0 aliphatic rings. The van der Waals surface area contributed by atoms with E-state index < -0.39 is 0 Å². The summed E-state index contributed by atoms with van der Waals surface area (Å²) in [7, 11) is 0. The van der Waals surface area contributed by atoms with Crippen molar-refractivity contribution in [1.82, 2.24) is 4.98 Å². The topological polar surface area (TPSA) is 12.9 Å². The van der Waals surface area contributed by atoms with Crippen molar-refractivity contribution in [3.63, 3.8) is 0 Å². The molecule has 2 heteroatoms. The second-order valence-corrected chi connectivity index (χ2v) is 4.02. The standard InChI is InChI=1S/C15H13N.HI/c1-2-11-7-5-9-15-13(11)10-12-6-3-4-8-14(12)16-15;/h3-10H,2H2,1H3;1H. The summed E-state index contributed by atoms with van der Waals surface area (Å²) >= 11 is 0. The van der Waals surface area contributed by atoms with Gasteiger partial charge in [0.15, 0.2) is 0 Å². The van der Waals surface area contributed by atoms with Gasteiger partial charge in [0, 0.05) is 10.8 Å². The SMILES string of the molecule is CCc1cccc2nc3ccccc3cc12.I. The summed E-state index contributed by atoms with van der Waals surface area (Å²) in [5.74, 6) is 0. The molecule has 3 rings (SSSR count). The molecular weight excluding hydrogens is 321 g/mol. The molecule has 0 saturated carbocycles. The van der Waals surface area contributed by atoms with Gasteiger partial charge in [-0.2, -0.15) is 0 Å². The third-order valence-electron chi connectivity index (χ3n) is 3.03. The second kappa shape index (κ2) is 5.00. The van der Waals surface area contributed by atoms with Gasteiger partial charge in [-0.05, 0) is 30.2 Å². The van der Waals surface area contributed by atoms with E-state index in [4.69, 9.17) is 0 Å². The number of fused-ring (bicyclic) bond motifs is 2. The van der Waals surface area contributed by atoms with E-state index in [1.54, 1.807) is 0 Å². The lowest BCUT2D eigenvalue weighted by Crippen LogP contribution is -1.87. The van der Waals surface area contributed by atoms with Crippen LogP contribution in [-0.2, 0) is 6.42 Å². The van der Waals surface area contributed by atoms with Crippen LogP contribution in [0.3, 0.4) is 0 Å². The second-order valence-electron chi connectivity index (χ2n) is 4.02. The number of rotatable bonds is 1. The third kappa shape index (κ3) is 2.14. The van der Waals surface area contributed by atoms with E-state index in [-0.39, 0.29) is 24.0 Å². The van der Waals surface area contributed by atoms with Crippen LogP contribution in [0.5, 0.6) is 0 Å². The molecule has 1 heterocycles. The maximum Gasteiger partial charge on any atom is 0.0712 e. The zero-order valence-electron chi connectivity index (χ0n) is 9.68. The van der Waals surface area contributed by atoms with Gasteiger partial charge in [0.25, 0.3) is 0 Å². The first kappa shape index (κ1) is 12.3. The van der Waals surface area contributed by atoms with Crippen molar-refractivity contribution >= 4 is 45.8 Å². The largest absolute Gasteiger partial charge is 0.248 e. The molecule has 0 atom stereocenters. The van der Waals surface area contributed by atoms with Gasteiger partial charge >= 0.3 is 0 Å². The first-order valence-corrected chi connectivity index (χ1v) is 5.66. The Bertz CT molecular complexity index is 661. The lowest BCUT2D eigenvalue weighted by atomic mass is 10.0. The Hall–Kier alpha value is -1.16. The van der Waals surface area contributed by atoms with Gasteiger partial charge in [-0.3, -0.25) is 0 Å². The zero-order valence-corrected chi connectivity index (χ0v) is 12.0. The molecule has 0 unspecified atom stereocenters. The Morgan fingerprint density at radius 3 is 2.53 bits per heavy atom. The molecule has 0 N–H and O–H groups in total. The number of para-hydroxylation sites is 1. The average molecular weight is 335 g/mol. The Balaban J connectivity index is 0.00000108. The molecule has 2 aromatic carbocycles. The molecule has 86 valence electrons. The monoisotopic (exact) mass is 335 g/mol. The van der Waals surface area contributed by atoms with E-state index in [9.17, 15) is 0 Å². The smallest absolute Gasteiger partial charge is 0.0712 e. The normalized spacial score (nSPS) is 10.4. The van der Waals surface area contributed by atoms with E-state index in [0.717, 1.165) is 17.5 Å². The lowest BCUT2D eigenvalue weighted by molar-refractivity contribution is 1.16. The predicted molar refractivity (Wildman–Crippen MR) is 84.0 cm³/mol. The highest BCUT2D eigenvalue weighted by molar-refractivity contribution is 14.0. The van der Waals surface area contributed by atoms with Crippen molar-refractivity contribution in [3.8, 4) is 0 Å². The van der Waals surface area contributed by atoms with E-state index in [2.05, 4.69) is 54.4 Å². The minimum absolute atomic E-state index is 0. The fourth-order valence-electron chi connectivity index (χ4n) is 2.17. The minimum atomic E-state index is 0. The molecule has 0 amide bonds. The summed E-state index contributed by atoms with van der Waals surface area (Å²) in [4.78, 5) is 4.69. The fraction of sp³-hybridized carbons (Fsp3) is 0.133. The van der Waals surface area contributed by atoms with Crippen molar-refractivity contribution in [2.75, 3.05) is 0 Å². The van der Waals surface area contributed by atoms with Crippen molar-refractivity contribution in [2.45, 2.75) is 13.3 Å². The number of nitrogens with zero attached hydrogens (tertiary/aromatic N) is 1. The van der Waals surface area contributed by atoms with Crippen molar-refractivity contribution in [3.05, 3.63) is 54.1 Å². The number of aryl methyl sites for hydroxylation is 1. The summed E-state index contributed by atoms with van der Waals surface area (Å²) in [6.45, 7) is 2.18. The maximum atomic E-state index is 4.69. The Morgan fingerprint density at radius 2 is 1.71 bits per heavy atom. The molecule has 0 aliphatic carbocycles. The maximum absolute atomic E-state index is 4.69. The summed E-state index contributed by atoms with van der Waals surface area (Å²) in [5.41, 5.74) is 3.54. The molecule has 1 nitrogen and oxygen atoms in total. The molecule has 3 aromatic rings. The van der Waals surface area contributed by atoms with Crippen LogP contribution in [0.4, 0.5) is 0 Å². The molecule has 0 spiro atoms. The van der Waals surface area contributed by atoms with Gasteiger partial charge in [0.1, 0.15) is 0 Å². The molecule has 17 heavy (non-hydrogen) atoms. The quantitative estimate of drug-likeness (QED) is 0.469.